The summed E-state index contributed by atoms with van der Waals surface area (Å²) in [4.78, 5) is 26.5. The number of benzene rings is 1. The first-order chi connectivity index (χ1) is 14.4. The number of anilines is 1. The Bertz CT molecular complexity index is 872. The normalized spacial score (nSPS) is 14.3. The number of hydrogen-bond acceptors (Lipinski definition) is 4. The van der Waals surface area contributed by atoms with Crippen molar-refractivity contribution in [3.63, 3.8) is 0 Å². The summed E-state index contributed by atoms with van der Waals surface area (Å²) in [6.07, 6.45) is 2.10. The highest BCUT2D eigenvalue weighted by atomic mass is 16.2. The Kier molecular flexibility index (Phi) is 7.29. The van der Waals surface area contributed by atoms with Gasteiger partial charge in [-0.1, -0.05) is 51.0 Å². The van der Waals surface area contributed by atoms with Crippen LogP contribution in [0, 0.1) is 13.8 Å². The summed E-state index contributed by atoms with van der Waals surface area (Å²) in [6, 6.07) is 8.39. The van der Waals surface area contributed by atoms with Crippen LogP contribution in [0.2, 0.25) is 0 Å². The highest BCUT2D eigenvalue weighted by Crippen LogP contribution is 2.31. The molecule has 1 aromatic heterocycles. The zero-order chi connectivity index (χ0) is 21.7. The first-order valence-electron chi connectivity index (χ1n) is 11.1. The minimum Gasteiger partial charge on any atom is -0.353 e. The average Bonchev–Trinajstić information content (AvgIpc) is 2.73. The molecule has 0 bridgehead atoms. The summed E-state index contributed by atoms with van der Waals surface area (Å²) in [7, 11) is 0. The number of carbonyl (C=O) groups is 1. The summed E-state index contributed by atoms with van der Waals surface area (Å²) in [5.41, 5.74) is 4.48. The van der Waals surface area contributed by atoms with Crippen LogP contribution < -0.4 is 10.2 Å². The van der Waals surface area contributed by atoms with Gasteiger partial charge in [-0.05, 0) is 32.3 Å². The van der Waals surface area contributed by atoms with Crippen LogP contribution in [0.15, 0.2) is 24.3 Å². The molecular weight excluding hydrogens is 374 g/mol. The smallest absolute Gasteiger partial charge is 0.317 e. The van der Waals surface area contributed by atoms with Gasteiger partial charge in [0.15, 0.2) is 5.82 Å². The number of rotatable bonds is 6. The van der Waals surface area contributed by atoms with E-state index in [2.05, 4.69) is 69.1 Å². The lowest BCUT2D eigenvalue weighted by Gasteiger charge is -2.37. The van der Waals surface area contributed by atoms with Crippen LogP contribution in [0.4, 0.5) is 10.6 Å². The molecular formula is C24H35N5O. The van der Waals surface area contributed by atoms with Gasteiger partial charge < -0.3 is 15.1 Å². The maximum atomic E-state index is 12.4. The topological polar surface area (TPSA) is 61.4 Å². The van der Waals surface area contributed by atoms with Gasteiger partial charge in [0.05, 0.1) is 0 Å². The van der Waals surface area contributed by atoms with Crippen molar-refractivity contribution < 1.29 is 4.79 Å². The monoisotopic (exact) mass is 409 g/mol. The van der Waals surface area contributed by atoms with Gasteiger partial charge in [-0.2, -0.15) is 0 Å². The molecule has 0 aliphatic carbocycles. The summed E-state index contributed by atoms with van der Waals surface area (Å²) in [5, 5.41) is 3.03. The second-order valence-corrected chi connectivity index (χ2v) is 8.45. The van der Waals surface area contributed by atoms with E-state index in [0.29, 0.717) is 19.0 Å². The van der Waals surface area contributed by atoms with E-state index in [0.717, 1.165) is 55.4 Å². The molecule has 1 fully saturated rings. The summed E-state index contributed by atoms with van der Waals surface area (Å²) in [5.74, 6) is 2.12. The van der Waals surface area contributed by atoms with Gasteiger partial charge in [-0.15, -0.1) is 0 Å². The van der Waals surface area contributed by atoms with Crippen molar-refractivity contribution in [3.8, 4) is 11.4 Å². The molecule has 1 saturated heterocycles. The van der Waals surface area contributed by atoms with Crippen molar-refractivity contribution >= 4 is 11.8 Å². The quantitative estimate of drug-likeness (QED) is 0.713. The van der Waals surface area contributed by atoms with Crippen molar-refractivity contribution in [1.82, 2.24) is 20.2 Å². The Morgan fingerprint density at radius 2 is 1.87 bits per heavy atom. The predicted molar refractivity (Wildman–Crippen MR) is 123 cm³/mol. The molecule has 2 amide bonds. The number of carbonyl (C=O) groups excluding carboxylic acids is 1. The third kappa shape index (κ3) is 5.10. The number of nitrogens with one attached hydrogen (secondary N) is 1. The van der Waals surface area contributed by atoms with Gasteiger partial charge in [0, 0.05) is 49.5 Å². The zero-order valence-electron chi connectivity index (χ0n) is 19.0. The number of nitrogens with zero attached hydrogens (tertiary/aromatic N) is 4. The highest BCUT2D eigenvalue weighted by Gasteiger charge is 2.26. The molecule has 0 unspecified atom stereocenters. The highest BCUT2D eigenvalue weighted by molar-refractivity contribution is 5.74. The molecule has 6 heteroatoms. The maximum Gasteiger partial charge on any atom is 0.317 e. The van der Waals surface area contributed by atoms with Crippen molar-refractivity contribution in [3.05, 3.63) is 41.1 Å². The Labute approximate surface area is 180 Å². The van der Waals surface area contributed by atoms with Crippen molar-refractivity contribution in [2.75, 3.05) is 37.6 Å². The van der Waals surface area contributed by atoms with Gasteiger partial charge >= 0.3 is 6.03 Å². The molecule has 0 radical (unpaired) electrons. The lowest BCUT2D eigenvalue weighted by atomic mass is 10.0. The van der Waals surface area contributed by atoms with E-state index in [1.165, 1.54) is 11.1 Å². The maximum absolute atomic E-state index is 12.4. The predicted octanol–water partition coefficient (Wildman–Crippen LogP) is 4.52. The fourth-order valence-electron chi connectivity index (χ4n) is 4.00. The van der Waals surface area contributed by atoms with Gasteiger partial charge in [0.2, 0.25) is 0 Å². The minimum absolute atomic E-state index is 0.0477. The minimum atomic E-state index is 0.0477. The lowest BCUT2D eigenvalue weighted by molar-refractivity contribution is 0.194. The van der Waals surface area contributed by atoms with Crippen LogP contribution in [0.1, 0.15) is 56.4 Å². The van der Waals surface area contributed by atoms with E-state index in [1.807, 2.05) is 4.90 Å². The molecule has 162 valence electrons. The Morgan fingerprint density at radius 3 is 2.50 bits per heavy atom. The van der Waals surface area contributed by atoms with Crippen LogP contribution in [0.3, 0.4) is 0 Å². The number of aromatic nitrogens is 2. The van der Waals surface area contributed by atoms with Crippen molar-refractivity contribution in [1.29, 1.82) is 0 Å². The lowest BCUT2D eigenvalue weighted by Crippen LogP contribution is -2.52. The van der Waals surface area contributed by atoms with E-state index in [1.54, 1.807) is 0 Å². The zero-order valence-corrected chi connectivity index (χ0v) is 19.0. The second-order valence-electron chi connectivity index (χ2n) is 8.45. The molecule has 6 nitrogen and oxygen atoms in total. The molecule has 2 aromatic rings. The van der Waals surface area contributed by atoms with Gasteiger partial charge in [-0.25, -0.2) is 14.8 Å². The van der Waals surface area contributed by atoms with Gasteiger partial charge in [0.25, 0.3) is 0 Å². The first-order valence-corrected chi connectivity index (χ1v) is 11.1. The standard InChI is InChI=1S/C24H35N5O/c1-6-7-11-25-24(30)29-14-12-28(13-15-29)23-21(17(2)3)19(5)26-22(27-23)20-10-8-9-18(4)16-20/h8-10,16-17H,6-7,11-15H2,1-5H3,(H,25,30). The number of urea groups is 1. The van der Waals surface area contributed by atoms with Crippen molar-refractivity contribution in [2.45, 2.75) is 53.4 Å². The third-order valence-corrected chi connectivity index (χ3v) is 5.64. The molecule has 1 aliphatic rings. The number of unbranched alkanes of at least 4 members (excludes halogenated alkanes) is 1. The van der Waals surface area contributed by atoms with E-state index in [4.69, 9.17) is 9.97 Å². The van der Waals surface area contributed by atoms with Crippen LogP contribution in [0.25, 0.3) is 11.4 Å². The molecule has 0 atom stereocenters. The number of amides is 2. The second kappa shape index (κ2) is 9.92. The molecule has 1 aromatic carbocycles. The average molecular weight is 410 g/mol. The molecule has 2 heterocycles. The van der Waals surface area contributed by atoms with E-state index < -0.39 is 0 Å². The molecule has 0 saturated carbocycles. The molecule has 0 spiro atoms. The first kappa shape index (κ1) is 22.1. The Hall–Kier alpha value is -2.63. The molecule has 3 rings (SSSR count). The number of piperazine rings is 1. The largest absolute Gasteiger partial charge is 0.353 e. The van der Waals surface area contributed by atoms with Crippen LogP contribution >= 0.6 is 0 Å². The molecule has 1 aliphatic heterocycles. The summed E-state index contributed by atoms with van der Waals surface area (Å²) < 4.78 is 0. The van der Waals surface area contributed by atoms with Crippen molar-refractivity contribution in [2.24, 2.45) is 0 Å². The fourth-order valence-corrected chi connectivity index (χ4v) is 4.00. The van der Waals surface area contributed by atoms with E-state index >= 15 is 0 Å². The van der Waals surface area contributed by atoms with Gasteiger partial charge in [-0.3, -0.25) is 0 Å². The van der Waals surface area contributed by atoms with E-state index in [-0.39, 0.29) is 6.03 Å². The van der Waals surface area contributed by atoms with Crippen LogP contribution in [0.5, 0.6) is 0 Å². The third-order valence-electron chi connectivity index (χ3n) is 5.64. The summed E-state index contributed by atoms with van der Waals surface area (Å²) in [6.45, 7) is 14.4. The number of hydrogen-bond donors (Lipinski definition) is 1. The Balaban J connectivity index is 1.82. The van der Waals surface area contributed by atoms with E-state index in [9.17, 15) is 4.79 Å². The Morgan fingerprint density at radius 1 is 1.13 bits per heavy atom. The van der Waals surface area contributed by atoms with Crippen LogP contribution in [-0.2, 0) is 0 Å². The van der Waals surface area contributed by atoms with Gasteiger partial charge in [0.1, 0.15) is 5.82 Å². The molecule has 1 N–H and O–H groups in total. The number of aryl methyl sites for hydroxylation is 2. The fraction of sp³-hybridized carbons (Fsp3) is 0.542. The SMILES string of the molecule is CCCCNC(=O)N1CCN(c2nc(-c3cccc(C)c3)nc(C)c2C(C)C)CC1. The molecule has 30 heavy (non-hydrogen) atoms. The van der Waals surface area contributed by atoms with Crippen LogP contribution in [-0.4, -0.2) is 53.6 Å². The summed E-state index contributed by atoms with van der Waals surface area (Å²) >= 11 is 0.